The average Bonchev–Trinajstić information content (AvgIpc) is 2.54. The van der Waals surface area contributed by atoms with E-state index in [-0.39, 0.29) is 35.6 Å². The van der Waals surface area contributed by atoms with Gasteiger partial charge in [0.25, 0.3) is 0 Å². The summed E-state index contributed by atoms with van der Waals surface area (Å²) in [5.41, 5.74) is 6.28. The molecular formula is C14H24Cl2N4O3S. The van der Waals surface area contributed by atoms with Gasteiger partial charge in [0.15, 0.2) is 0 Å². The number of piperazine rings is 1. The number of halogens is 2. The van der Waals surface area contributed by atoms with Gasteiger partial charge >= 0.3 is 0 Å². The van der Waals surface area contributed by atoms with Crippen molar-refractivity contribution in [3.05, 3.63) is 24.3 Å². The third-order valence-corrected chi connectivity index (χ3v) is 5.21. The summed E-state index contributed by atoms with van der Waals surface area (Å²) in [6.07, 6.45) is 0. The number of hydrogen-bond donors (Lipinski definition) is 2. The molecule has 0 radical (unpaired) electrons. The molecule has 2 rings (SSSR count). The summed E-state index contributed by atoms with van der Waals surface area (Å²) >= 11 is 0. The lowest BCUT2D eigenvalue weighted by atomic mass is 10.2. The van der Waals surface area contributed by atoms with Gasteiger partial charge in [0.05, 0.1) is 11.7 Å². The van der Waals surface area contributed by atoms with Crippen LogP contribution in [-0.4, -0.2) is 58.5 Å². The number of sulfonamides is 1. The molecule has 7 nitrogen and oxygen atoms in total. The number of rotatable bonds is 4. The van der Waals surface area contributed by atoms with Gasteiger partial charge in [-0.05, 0) is 26.1 Å². The minimum Gasteiger partial charge on any atom is -0.367 e. The Morgan fingerprint density at radius 3 is 2.21 bits per heavy atom. The molecule has 1 aromatic carbocycles. The van der Waals surface area contributed by atoms with E-state index in [9.17, 15) is 13.2 Å². The van der Waals surface area contributed by atoms with Gasteiger partial charge < -0.3 is 15.5 Å². The van der Waals surface area contributed by atoms with Crippen LogP contribution in [0.3, 0.4) is 0 Å². The zero-order chi connectivity index (χ0) is 16.3. The SMILES string of the molecule is CNS(=O)(=O)c1ccccc1N1CCN(C(=O)[C@@H](C)N)CC1.Cl.Cl. The van der Waals surface area contributed by atoms with E-state index < -0.39 is 16.1 Å². The first-order chi connectivity index (χ1) is 10.4. The Labute approximate surface area is 155 Å². The molecule has 1 saturated heterocycles. The first-order valence-corrected chi connectivity index (χ1v) is 8.67. The first-order valence-electron chi connectivity index (χ1n) is 7.18. The molecule has 0 aromatic heterocycles. The van der Waals surface area contributed by atoms with E-state index in [1.54, 1.807) is 30.0 Å². The van der Waals surface area contributed by atoms with Crippen molar-refractivity contribution in [3.8, 4) is 0 Å². The van der Waals surface area contributed by atoms with Crippen molar-refractivity contribution < 1.29 is 13.2 Å². The highest BCUT2D eigenvalue weighted by Gasteiger charge is 2.26. The smallest absolute Gasteiger partial charge is 0.242 e. The lowest BCUT2D eigenvalue weighted by Gasteiger charge is -2.37. The molecule has 138 valence electrons. The summed E-state index contributed by atoms with van der Waals surface area (Å²) in [4.78, 5) is 15.8. The van der Waals surface area contributed by atoms with E-state index in [4.69, 9.17) is 5.73 Å². The Morgan fingerprint density at radius 1 is 1.17 bits per heavy atom. The summed E-state index contributed by atoms with van der Waals surface area (Å²) in [6.45, 7) is 3.90. The van der Waals surface area contributed by atoms with Crippen molar-refractivity contribution in [2.24, 2.45) is 5.73 Å². The highest BCUT2D eigenvalue weighted by atomic mass is 35.5. The van der Waals surface area contributed by atoms with Crippen molar-refractivity contribution in [1.29, 1.82) is 0 Å². The van der Waals surface area contributed by atoms with Crippen molar-refractivity contribution in [1.82, 2.24) is 9.62 Å². The number of nitrogens with two attached hydrogens (primary N) is 1. The van der Waals surface area contributed by atoms with Gasteiger partial charge in [0.1, 0.15) is 4.90 Å². The minimum absolute atomic E-state index is 0. The molecule has 0 bridgehead atoms. The molecular weight excluding hydrogens is 375 g/mol. The van der Waals surface area contributed by atoms with Crippen LogP contribution < -0.4 is 15.4 Å². The monoisotopic (exact) mass is 398 g/mol. The summed E-state index contributed by atoms with van der Waals surface area (Å²) < 4.78 is 26.6. The molecule has 0 spiro atoms. The molecule has 0 saturated carbocycles. The standard InChI is InChI=1S/C14H22N4O3S.2ClH/c1-11(15)14(19)18-9-7-17(8-10-18)12-5-3-4-6-13(12)22(20,21)16-2;;/h3-6,11,16H,7-10,15H2,1-2H3;2*1H/t11-;;/m1../s1. The lowest BCUT2D eigenvalue weighted by molar-refractivity contribution is -0.132. The molecule has 10 heteroatoms. The molecule has 1 amide bonds. The van der Waals surface area contributed by atoms with Crippen LogP contribution in [0.25, 0.3) is 0 Å². The second kappa shape index (κ2) is 9.43. The Morgan fingerprint density at radius 2 is 1.71 bits per heavy atom. The number of anilines is 1. The summed E-state index contributed by atoms with van der Waals surface area (Å²) in [5, 5.41) is 0. The van der Waals surface area contributed by atoms with Crippen molar-refractivity contribution >= 4 is 46.4 Å². The Balaban J connectivity index is 0.00000264. The van der Waals surface area contributed by atoms with E-state index in [0.29, 0.717) is 31.9 Å². The number of benzene rings is 1. The molecule has 1 aliphatic heterocycles. The van der Waals surface area contributed by atoms with Crippen LogP contribution in [0, 0.1) is 0 Å². The average molecular weight is 399 g/mol. The molecule has 0 unspecified atom stereocenters. The van der Waals surface area contributed by atoms with Gasteiger partial charge in [-0.25, -0.2) is 13.1 Å². The van der Waals surface area contributed by atoms with Crippen molar-refractivity contribution in [3.63, 3.8) is 0 Å². The Bertz CT molecular complexity index is 647. The largest absolute Gasteiger partial charge is 0.367 e. The fraction of sp³-hybridized carbons (Fsp3) is 0.500. The minimum atomic E-state index is -3.51. The number of carbonyl (C=O) groups excluding carboxylic acids is 1. The zero-order valence-electron chi connectivity index (χ0n) is 13.6. The normalized spacial score (nSPS) is 16.0. The van der Waals surface area contributed by atoms with Gasteiger partial charge in [-0.15, -0.1) is 24.8 Å². The lowest BCUT2D eigenvalue weighted by Crippen LogP contribution is -2.52. The van der Waals surface area contributed by atoms with Gasteiger partial charge in [-0.1, -0.05) is 12.1 Å². The van der Waals surface area contributed by atoms with Crippen LogP contribution in [0.5, 0.6) is 0 Å². The topological polar surface area (TPSA) is 95.7 Å². The number of amides is 1. The van der Waals surface area contributed by atoms with Crippen LogP contribution >= 0.6 is 24.8 Å². The van der Waals surface area contributed by atoms with Gasteiger partial charge in [0, 0.05) is 26.2 Å². The highest BCUT2D eigenvalue weighted by Crippen LogP contribution is 2.25. The number of para-hydroxylation sites is 1. The molecule has 1 aromatic rings. The molecule has 1 aliphatic rings. The van der Waals surface area contributed by atoms with Gasteiger partial charge in [-0.2, -0.15) is 0 Å². The second-order valence-electron chi connectivity index (χ2n) is 5.28. The molecule has 24 heavy (non-hydrogen) atoms. The molecule has 3 N–H and O–H groups in total. The predicted molar refractivity (Wildman–Crippen MR) is 99.6 cm³/mol. The van der Waals surface area contributed by atoms with E-state index in [0.717, 1.165) is 0 Å². The van der Waals surface area contributed by atoms with E-state index in [2.05, 4.69) is 4.72 Å². The summed E-state index contributed by atoms with van der Waals surface area (Å²) in [6, 6.07) is 6.37. The third-order valence-electron chi connectivity index (χ3n) is 3.75. The van der Waals surface area contributed by atoms with Gasteiger partial charge in [0.2, 0.25) is 15.9 Å². The number of nitrogens with zero attached hydrogens (tertiary/aromatic N) is 2. The molecule has 0 aliphatic carbocycles. The van der Waals surface area contributed by atoms with E-state index >= 15 is 0 Å². The maximum atomic E-state index is 12.1. The third kappa shape index (κ3) is 4.97. The van der Waals surface area contributed by atoms with Crippen molar-refractivity contribution in [2.75, 3.05) is 38.1 Å². The van der Waals surface area contributed by atoms with Crippen LogP contribution in [0.15, 0.2) is 29.2 Å². The molecule has 1 fully saturated rings. The second-order valence-corrected chi connectivity index (χ2v) is 7.13. The van der Waals surface area contributed by atoms with Crippen molar-refractivity contribution in [2.45, 2.75) is 17.9 Å². The fourth-order valence-electron chi connectivity index (χ4n) is 2.51. The zero-order valence-corrected chi connectivity index (χ0v) is 16.1. The Kier molecular flexibility index (Phi) is 9.01. The van der Waals surface area contributed by atoms with E-state index in [1.165, 1.54) is 7.05 Å². The van der Waals surface area contributed by atoms with Crippen LogP contribution in [-0.2, 0) is 14.8 Å². The fourth-order valence-corrected chi connectivity index (χ4v) is 3.46. The quantitative estimate of drug-likeness (QED) is 0.766. The number of hydrogen-bond acceptors (Lipinski definition) is 5. The number of carbonyl (C=O) groups is 1. The first kappa shape index (κ1) is 22.9. The molecule has 1 atom stereocenters. The summed E-state index contributed by atoms with van der Waals surface area (Å²) in [7, 11) is -2.12. The van der Waals surface area contributed by atoms with E-state index in [1.807, 2.05) is 11.0 Å². The van der Waals surface area contributed by atoms with Crippen LogP contribution in [0.1, 0.15) is 6.92 Å². The maximum Gasteiger partial charge on any atom is 0.242 e. The van der Waals surface area contributed by atoms with Crippen LogP contribution in [0.4, 0.5) is 5.69 Å². The summed E-state index contributed by atoms with van der Waals surface area (Å²) in [5.74, 6) is -0.0734. The highest BCUT2D eigenvalue weighted by molar-refractivity contribution is 7.89. The van der Waals surface area contributed by atoms with Crippen LogP contribution in [0.2, 0.25) is 0 Å². The maximum absolute atomic E-state index is 12.1. The molecule has 1 heterocycles. The predicted octanol–water partition coefficient (Wildman–Crippen LogP) is 0.434. The Hall–Kier alpha value is -1.06. The number of nitrogens with one attached hydrogen (secondary N) is 1. The van der Waals surface area contributed by atoms with Gasteiger partial charge in [-0.3, -0.25) is 4.79 Å².